The molecule has 1 heterocycles. The Morgan fingerprint density at radius 1 is 1.00 bits per heavy atom. The van der Waals surface area contributed by atoms with Crippen molar-refractivity contribution < 1.29 is 24.2 Å². The maximum atomic E-state index is 12.7. The molecule has 1 amide bonds. The molecule has 0 saturated carbocycles. The molecule has 3 aromatic rings. The third kappa shape index (κ3) is 4.35. The molecule has 0 bridgehead atoms. The summed E-state index contributed by atoms with van der Waals surface area (Å²) in [7, 11) is 0. The second-order valence-corrected chi connectivity index (χ2v) is 7.20. The third-order valence-corrected chi connectivity index (χ3v) is 5.54. The Bertz CT molecular complexity index is 1050. The number of anilines is 1. The predicted octanol–water partition coefficient (Wildman–Crippen LogP) is 4.85. The first-order chi connectivity index (χ1) is 13.9. The van der Waals surface area contributed by atoms with Gasteiger partial charge in [0.15, 0.2) is 0 Å². The molecule has 148 valence electrons. The van der Waals surface area contributed by atoms with Gasteiger partial charge < -0.3 is 15.2 Å². The number of carbonyl (C=O) groups is 3. The van der Waals surface area contributed by atoms with Crippen molar-refractivity contribution >= 4 is 34.2 Å². The molecule has 1 aromatic heterocycles. The zero-order valence-electron chi connectivity index (χ0n) is 15.9. The van der Waals surface area contributed by atoms with E-state index in [2.05, 4.69) is 5.32 Å². The Morgan fingerprint density at radius 3 is 2.21 bits per heavy atom. The van der Waals surface area contributed by atoms with Crippen molar-refractivity contribution in [2.75, 3.05) is 11.9 Å². The van der Waals surface area contributed by atoms with E-state index in [0.29, 0.717) is 10.6 Å². The number of rotatable bonds is 6. The Kier molecular flexibility index (Phi) is 6.09. The Hall–Kier alpha value is -3.45. The summed E-state index contributed by atoms with van der Waals surface area (Å²) in [4.78, 5) is 37.1. The molecule has 0 saturated heterocycles. The molecule has 0 atom stereocenters. The van der Waals surface area contributed by atoms with Crippen LogP contribution in [0, 0.1) is 6.92 Å². The highest BCUT2D eigenvalue weighted by molar-refractivity contribution is 7.20. The Labute approximate surface area is 171 Å². The first-order valence-electron chi connectivity index (χ1n) is 8.93. The maximum Gasteiger partial charge on any atom is 0.341 e. The molecule has 0 fully saturated rings. The van der Waals surface area contributed by atoms with E-state index in [4.69, 9.17) is 9.84 Å². The molecule has 7 heteroatoms. The number of hydrogen-bond acceptors (Lipinski definition) is 5. The van der Waals surface area contributed by atoms with Gasteiger partial charge in [-0.1, -0.05) is 30.3 Å². The van der Waals surface area contributed by atoms with Crippen LogP contribution in [0.3, 0.4) is 0 Å². The fourth-order valence-corrected chi connectivity index (χ4v) is 4.05. The van der Waals surface area contributed by atoms with Gasteiger partial charge in [0.2, 0.25) is 0 Å². The summed E-state index contributed by atoms with van der Waals surface area (Å²) in [5.74, 6) is -2.00. The van der Waals surface area contributed by atoms with E-state index >= 15 is 0 Å². The quantitative estimate of drug-likeness (QED) is 0.568. The van der Waals surface area contributed by atoms with Gasteiger partial charge >= 0.3 is 11.9 Å². The summed E-state index contributed by atoms with van der Waals surface area (Å²) in [5.41, 5.74) is 2.37. The summed E-state index contributed by atoms with van der Waals surface area (Å²) in [6.07, 6.45) is 0. The number of thiophene rings is 1. The van der Waals surface area contributed by atoms with Crippen LogP contribution in [0.1, 0.15) is 43.6 Å². The van der Waals surface area contributed by atoms with Crippen LogP contribution < -0.4 is 5.32 Å². The molecule has 3 rings (SSSR count). The van der Waals surface area contributed by atoms with Crippen LogP contribution in [0.5, 0.6) is 0 Å². The van der Waals surface area contributed by atoms with Gasteiger partial charge in [0.05, 0.1) is 17.7 Å². The molecule has 0 aliphatic rings. The number of carboxylic acids is 1. The number of esters is 1. The Balaban J connectivity index is 1.97. The second-order valence-electron chi connectivity index (χ2n) is 6.18. The molecule has 0 aliphatic carbocycles. The highest BCUT2D eigenvalue weighted by Gasteiger charge is 2.24. The van der Waals surface area contributed by atoms with E-state index < -0.39 is 17.8 Å². The molecule has 0 unspecified atom stereocenters. The first-order valence-corrected chi connectivity index (χ1v) is 9.74. The molecular weight excluding hydrogens is 390 g/mol. The van der Waals surface area contributed by atoms with Crippen LogP contribution in [0.4, 0.5) is 5.00 Å². The minimum atomic E-state index is -1.07. The minimum absolute atomic E-state index is 0.0899. The lowest BCUT2D eigenvalue weighted by molar-refractivity contribution is 0.0526. The number of ether oxygens (including phenoxy) is 1. The zero-order valence-corrected chi connectivity index (χ0v) is 16.7. The second kappa shape index (κ2) is 8.70. The lowest BCUT2D eigenvalue weighted by atomic mass is 10.1. The molecule has 2 N–H and O–H groups in total. The van der Waals surface area contributed by atoms with Crippen LogP contribution in [-0.4, -0.2) is 29.6 Å². The van der Waals surface area contributed by atoms with Gasteiger partial charge in [-0.3, -0.25) is 4.79 Å². The maximum absolute atomic E-state index is 12.7. The van der Waals surface area contributed by atoms with E-state index in [1.165, 1.54) is 35.6 Å². The summed E-state index contributed by atoms with van der Waals surface area (Å²) in [6.45, 7) is 3.77. The number of benzene rings is 2. The van der Waals surface area contributed by atoms with Crippen LogP contribution in [0.25, 0.3) is 10.4 Å². The van der Waals surface area contributed by atoms with Gasteiger partial charge in [0, 0.05) is 10.4 Å². The van der Waals surface area contributed by atoms with E-state index in [9.17, 15) is 14.4 Å². The van der Waals surface area contributed by atoms with Gasteiger partial charge in [-0.15, -0.1) is 11.3 Å². The summed E-state index contributed by atoms with van der Waals surface area (Å²) in [6, 6.07) is 15.2. The smallest absolute Gasteiger partial charge is 0.341 e. The highest BCUT2D eigenvalue weighted by Crippen LogP contribution is 2.40. The van der Waals surface area contributed by atoms with Gasteiger partial charge in [-0.05, 0) is 49.2 Å². The fourth-order valence-electron chi connectivity index (χ4n) is 2.85. The molecule has 29 heavy (non-hydrogen) atoms. The first kappa shape index (κ1) is 20.3. The Morgan fingerprint density at radius 2 is 1.62 bits per heavy atom. The van der Waals surface area contributed by atoms with Gasteiger partial charge in [-0.2, -0.15) is 0 Å². The normalized spacial score (nSPS) is 10.4. The van der Waals surface area contributed by atoms with Crippen LogP contribution in [0.2, 0.25) is 0 Å². The van der Waals surface area contributed by atoms with Crippen LogP contribution >= 0.6 is 11.3 Å². The van der Waals surface area contributed by atoms with Gasteiger partial charge in [-0.25, -0.2) is 9.59 Å². The van der Waals surface area contributed by atoms with Crippen molar-refractivity contribution in [3.63, 3.8) is 0 Å². The largest absolute Gasteiger partial charge is 0.478 e. The van der Waals surface area contributed by atoms with E-state index in [1.54, 1.807) is 6.92 Å². The standard InChI is InChI=1S/C22H19NO5S/c1-3-28-22(27)17-13(2)18(14-7-5-4-6-8-14)29-20(17)23-19(24)15-9-11-16(12-10-15)21(25)26/h4-12H,3H2,1-2H3,(H,23,24)(H,25,26). The van der Waals surface area contributed by atoms with Crippen molar-refractivity contribution in [3.8, 4) is 10.4 Å². The summed E-state index contributed by atoms with van der Waals surface area (Å²) >= 11 is 1.30. The monoisotopic (exact) mass is 409 g/mol. The van der Waals surface area contributed by atoms with Crippen molar-refractivity contribution in [1.29, 1.82) is 0 Å². The van der Waals surface area contributed by atoms with Crippen LogP contribution in [-0.2, 0) is 4.74 Å². The molecule has 6 nitrogen and oxygen atoms in total. The van der Waals surface area contributed by atoms with Crippen molar-refractivity contribution in [2.45, 2.75) is 13.8 Å². The number of hydrogen-bond donors (Lipinski definition) is 2. The number of carboxylic acid groups (broad SMARTS) is 1. The molecular formula is C22H19NO5S. The zero-order chi connectivity index (χ0) is 21.0. The van der Waals surface area contributed by atoms with E-state index in [-0.39, 0.29) is 17.7 Å². The molecule has 0 radical (unpaired) electrons. The van der Waals surface area contributed by atoms with Crippen molar-refractivity contribution in [1.82, 2.24) is 0 Å². The minimum Gasteiger partial charge on any atom is -0.478 e. The molecule has 2 aromatic carbocycles. The topological polar surface area (TPSA) is 92.7 Å². The van der Waals surface area contributed by atoms with E-state index in [1.807, 2.05) is 37.3 Å². The van der Waals surface area contributed by atoms with Crippen LogP contribution in [0.15, 0.2) is 54.6 Å². The van der Waals surface area contributed by atoms with Crippen molar-refractivity contribution in [3.05, 3.63) is 76.9 Å². The average molecular weight is 409 g/mol. The molecule has 0 spiro atoms. The molecule has 0 aliphatic heterocycles. The van der Waals surface area contributed by atoms with Gasteiger partial charge in [0.25, 0.3) is 5.91 Å². The average Bonchev–Trinajstić information content (AvgIpc) is 3.04. The summed E-state index contributed by atoms with van der Waals surface area (Å²) in [5, 5.41) is 12.2. The van der Waals surface area contributed by atoms with Crippen molar-refractivity contribution in [2.24, 2.45) is 0 Å². The van der Waals surface area contributed by atoms with Gasteiger partial charge in [0.1, 0.15) is 5.00 Å². The SMILES string of the molecule is CCOC(=O)c1c(NC(=O)c2ccc(C(=O)O)cc2)sc(-c2ccccc2)c1C. The lowest BCUT2D eigenvalue weighted by Crippen LogP contribution is -2.15. The predicted molar refractivity (Wildman–Crippen MR) is 112 cm³/mol. The van der Waals surface area contributed by atoms with E-state index in [0.717, 1.165) is 16.0 Å². The number of aromatic carboxylic acids is 1. The lowest BCUT2D eigenvalue weighted by Gasteiger charge is -2.07. The summed E-state index contributed by atoms with van der Waals surface area (Å²) < 4.78 is 5.18. The fraction of sp³-hybridized carbons (Fsp3) is 0.136. The number of amides is 1. The third-order valence-electron chi connectivity index (χ3n) is 4.28. The number of carbonyl (C=O) groups excluding carboxylic acids is 2. The highest BCUT2D eigenvalue weighted by atomic mass is 32.1. The number of nitrogens with one attached hydrogen (secondary N) is 1.